The van der Waals surface area contributed by atoms with Gasteiger partial charge in [-0.05, 0) is 215 Å². The van der Waals surface area contributed by atoms with E-state index in [1.807, 2.05) is 0 Å². The molecule has 360 valence electrons. The molecule has 0 amide bonds. The van der Waals surface area contributed by atoms with Crippen molar-refractivity contribution in [2.45, 2.75) is 343 Å². The first-order valence-electron chi connectivity index (χ1n) is 30.6. The maximum Gasteiger partial charge on any atom is 0.0101 e. The van der Waals surface area contributed by atoms with Gasteiger partial charge in [-0.3, -0.25) is 14.7 Å². The van der Waals surface area contributed by atoms with Crippen LogP contribution in [-0.2, 0) is 0 Å². The van der Waals surface area contributed by atoms with Crippen LogP contribution in [0.1, 0.15) is 289 Å². The fraction of sp³-hybridized carbons (Fsp3) is 1.00. The molecule has 0 heterocycles. The summed E-state index contributed by atoms with van der Waals surface area (Å²) >= 11 is 0. The van der Waals surface area contributed by atoms with Gasteiger partial charge in [-0.1, -0.05) is 109 Å². The molecule has 3 nitrogen and oxygen atoms in total. The van der Waals surface area contributed by atoms with Crippen molar-refractivity contribution >= 4 is 0 Å². The van der Waals surface area contributed by atoms with Crippen LogP contribution in [0.4, 0.5) is 0 Å². The van der Waals surface area contributed by atoms with Crippen LogP contribution in [0.3, 0.4) is 0 Å². The average molecular weight is 869 g/mol. The maximum absolute atomic E-state index is 3.37. The van der Waals surface area contributed by atoms with Crippen LogP contribution < -0.4 is 0 Å². The molecule has 63 heavy (non-hydrogen) atoms. The summed E-state index contributed by atoms with van der Waals surface area (Å²) in [7, 11) is 0. The van der Waals surface area contributed by atoms with Gasteiger partial charge >= 0.3 is 0 Å². The highest BCUT2D eigenvalue weighted by Gasteiger charge is 2.44. The van der Waals surface area contributed by atoms with Crippen molar-refractivity contribution in [3.05, 3.63) is 0 Å². The normalized spacial score (nSPS) is 39.9. The van der Waals surface area contributed by atoms with Crippen LogP contribution in [0.25, 0.3) is 0 Å². The number of rotatable bonds is 12. The van der Waals surface area contributed by atoms with E-state index < -0.39 is 0 Å². The third-order valence-electron chi connectivity index (χ3n) is 22.5. The largest absolute Gasteiger partial charge is 0.294 e. The molecule has 0 N–H and O–H groups in total. The molecule has 10 aliphatic rings. The van der Waals surface area contributed by atoms with E-state index in [2.05, 4.69) is 14.7 Å². The van der Waals surface area contributed by atoms with Gasteiger partial charge in [0.05, 0.1) is 0 Å². The minimum absolute atomic E-state index is 0.907. The molecule has 0 aromatic carbocycles. The minimum Gasteiger partial charge on any atom is -0.294 e. The number of nitrogens with zero attached hydrogens (tertiary/aromatic N) is 3. The summed E-state index contributed by atoms with van der Waals surface area (Å²) in [5, 5.41) is 0. The molecule has 0 aromatic rings. The second kappa shape index (κ2) is 23.5. The lowest BCUT2D eigenvalue weighted by molar-refractivity contribution is -0.0198. The van der Waals surface area contributed by atoms with E-state index in [0.717, 1.165) is 89.9 Å². The van der Waals surface area contributed by atoms with Gasteiger partial charge in [-0.2, -0.15) is 0 Å². The SMILES string of the molecule is C1CCC(C2CCC(N(C3CCC(C4CCC(N(C5CCCCC5)C5CCCCC5)CC4)CC3)C3CCC(C4CCC(N(C5CCCCC5)C5CCCCC5)CC4)CC3)CC2)CC1. The topological polar surface area (TPSA) is 9.72 Å². The molecule has 0 bridgehead atoms. The van der Waals surface area contributed by atoms with Gasteiger partial charge in [0, 0.05) is 54.4 Å². The van der Waals surface area contributed by atoms with E-state index in [9.17, 15) is 0 Å². The summed E-state index contributed by atoms with van der Waals surface area (Å²) in [6.45, 7) is 0. The van der Waals surface area contributed by atoms with E-state index in [1.54, 1.807) is 116 Å². The average Bonchev–Trinajstić information content (AvgIpc) is 3.37. The first-order valence-corrected chi connectivity index (χ1v) is 30.6. The predicted molar refractivity (Wildman–Crippen MR) is 268 cm³/mol. The highest BCUT2D eigenvalue weighted by molar-refractivity contribution is 4.98. The summed E-state index contributed by atoms with van der Waals surface area (Å²) in [6.07, 6.45) is 69.0. The highest BCUT2D eigenvalue weighted by atomic mass is 15.2. The summed E-state index contributed by atoms with van der Waals surface area (Å²) in [5.41, 5.74) is 0. The van der Waals surface area contributed by atoms with Gasteiger partial charge in [0.1, 0.15) is 0 Å². The van der Waals surface area contributed by atoms with Crippen molar-refractivity contribution in [2.75, 3.05) is 0 Å². The van der Waals surface area contributed by atoms with Gasteiger partial charge in [-0.25, -0.2) is 0 Å². The lowest BCUT2D eigenvalue weighted by Gasteiger charge is -2.52. The van der Waals surface area contributed by atoms with Crippen LogP contribution in [0.15, 0.2) is 0 Å². The summed E-state index contributed by atoms with van der Waals surface area (Å²) in [4.78, 5) is 9.83. The Bertz CT molecular complexity index is 1140. The number of hydrogen-bond donors (Lipinski definition) is 0. The van der Waals surface area contributed by atoms with Crippen LogP contribution in [0, 0.1) is 35.5 Å². The Morgan fingerprint density at radius 2 is 0.270 bits per heavy atom. The van der Waals surface area contributed by atoms with Crippen molar-refractivity contribution in [2.24, 2.45) is 35.5 Å². The predicted octanol–water partition coefficient (Wildman–Crippen LogP) is 16.6. The second-order valence-corrected chi connectivity index (χ2v) is 25.8. The molecule has 10 aliphatic carbocycles. The smallest absolute Gasteiger partial charge is 0.0101 e. The van der Waals surface area contributed by atoms with Crippen LogP contribution in [0.2, 0.25) is 0 Å². The van der Waals surface area contributed by atoms with Crippen LogP contribution in [-0.4, -0.2) is 69.1 Å². The van der Waals surface area contributed by atoms with Crippen molar-refractivity contribution in [3.63, 3.8) is 0 Å². The van der Waals surface area contributed by atoms with Crippen molar-refractivity contribution in [3.8, 4) is 0 Å². The molecule has 0 spiro atoms. The van der Waals surface area contributed by atoms with Crippen LogP contribution >= 0.6 is 0 Å². The van der Waals surface area contributed by atoms with Gasteiger partial charge < -0.3 is 0 Å². The second-order valence-electron chi connectivity index (χ2n) is 25.8. The molecular weight excluding hydrogens is 763 g/mol. The van der Waals surface area contributed by atoms with Gasteiger partial charge in [-0.15, -0.1) is 0 Å². The Morgan fingerprint density at radius 3 is 0.460 bits per heavy atom. The Morgan fingerprint density at radius 1 is 0.127 bits per heavy atom. The molecule has 0 radical (unpaired) electrons. The standard InChI is InChI=1S/C60H105N3/c1-6-16-46(17-7-1)47-26-36-58(37-27-47)63(59-42-32-50(33-43-59)48-28-38-56(39-29-48)61(52-18-8-2-9-19-52)53-20-10-3-11-21-53)60-44-34-51(35-45-60)49-30-40-57(41-31-49)62(54-22-12-4-13-23-54)55-24-14-5-15-25-55/h46-60H,1-45H2. The van der Waals surface area contributed by atoms with E-state index >= 15 is 0 Å². The highest BCUT2D eigenvalue weighted by Crippen LogP contribution is 2.48. The monoisotopic (exact) mass is 868 g/mol. The molecule has 0 aromatic heterocycles. The first kappa shape index (κ1) is 46.6. The van der Waals surface area contributed by atoms with Crippen molar-refractivity contribution < 1.29 is 0 Å². The van der Waals surface area contributed by atoms with E-state index in [-0.39, 0.29) is 0 Å². The quantitative estimate of drug-likeness (QED) is 0.193. The zero-order valence-corrected chi connectivity index (χ0v) is 41.8. The molecule has 10 rings (SSSR count). The van der Waals surface area contributed by atoms with E-state index in [0.29, 0.717) is 0 Å². The molecule has 10 saturated carbocycles. The molecular formula is C60H105N3. The van der Waals surface area contributed by atoms with Gasteiger partial charge in [0.2, 0.25) is 0 Å². The fourth-order valence-electron chi connectivity index (χ4n) is 19.2. The molecule has 10 fully saturated rings. The zero-order valence-electron chi connectivity index (χ0n) is 41.8. The molecule has 0 saturated heterocycles. The Kier molecular flexibility index (Phi) is 17.4. The number of hydrogen-bond acceptors (Lipinski definition) is 3. The zero-order chi connectivity index (χ0) is 42.2. The first-order chi connectivity index (χ1) is 31.2. The Labute approximate surface area is 391 Å². The third-order valence-corrected chi connectivity index (χ3v) is 22.5. The Hall–Kier alpha value is -0.120. The lowest BCUT2D eigenvalue weighted by Crippen LogP contribution is -2.54. The Balaban J connectivity index is 0.738. The fourth-order valence-corrected chi connectivity index (χ4v) is 19.2. The maximum atomic E-state index is 3.37. The van der Waals surface area contributed by atoms with Crippen LogP contribution in [0.5, 0.6) is 0 Å². The molecule has 0 aliphatic heterocycles. The summed E-state index contributed by atoms with van der Waals surface area (Å²) in [6, 6.07) is 8.29. The minimum atomic E-state index is 0.907. The van der Waals surface area contributed by atoms with E-state index in [1.165, 1.54) is 173 Å². The van der Waals surface area contributed by atoms with E-state index in [4.69, 9.17) is 0 Å². The summed E-state index contributed by atoms with van der Waals surface area (Å²) in [5.74, 6) is 6.33. The molecule has 0 unspecified atom stereocenters. The van der Waals surface area contributed by atoms with Gasteiger partial charge in [0.25, 0.3) is 0 Å². The van der Waals surface area contributed by atoms with Crippen molar-refractivity contribution in [1.29, 1.82) is 0 Å². The molecule has 3 heteroatoms. The molecule has 0 atom stereocenters. The van der Waals surface area contributed by atoms with Crippen molar-refractivity contribution in [1.82, 2.24) is 14.7 Å². The van der Waals surface area contributed by atoms with Gasteiger partial charge in [0.15, 0.2) is 0 Å². The lowest BCUT2D eigenvalue weighted by atomic mass is 9.68. The summed E-state index contributed by atoms with van der Waals surface area (Å²) < 4.78 is 0. The third kappa shape index (κ3) is 11.7.